The summed E-state index contributed by atoms with van der Waals surface area (Å²) in [6, 6.07) is 0. The number of rotatable bonds is 5. The van der Waals surface area contributed by atoms with E-state index in [-0.39, 0.29) is 11.5 Å². The lowest BCUT2D eigenvalue weighted by molar-refractivity contribution is -0.0496. The zero-order valence-electron chi connectivity index (χ0n) is 7.95. The lowest BCUT2D eigenvalue weighted by Gasteiger charge is -2.50. The lowest BCUT2D eigenvalue weighted by atomic mass is 9.72. The molecule has 0 amide bonds. The molecule has 74 valence electrons. The molecule has 2 atom stereocenters. The first-order chi connectivity index (χ1) is 6.14. The zero-order valence-corrected chi connectivity index (χ0v) is 9.10. The fourth-order valence-electron chi connectivity index (χ4n) is 1.93. The van der Waals surface area contributed by atoms with E-state index in [1.807, 2.05) is 6.08 Å². The number of allylic oxidation sites excluding steroid dienone is 1. The Hall–Kier alpha value is -0.170. The first kappa shape index (κ1) is 10.9. The van der Waals surface area contributed by atoms with Crippen LogP contribution in [-0.2, 0) is 0 Å². The average molecular weight is 199 g/mol. The second-order valence-corrected chi connectivity index (χ2v) is 4.53. The molecule has 3 heteroatoms. The van der Waals surface area contributed by atoms with Gasteiger partial charge in [-0.1, -0.05) is 21.5 Å². The molecule has 1 saturated heterocycles. The van der Waals surface area contributed by atoms with Gasteiger partial charge in [-0.25, -0.2) is 0 Å². The number of hydrogen-bond donors (Lipinski definition) is 1. The second-order valence-electron chi connectivity index (χ2n) is 3.80. The minimum Gasteiger partial charge on any atom is -0.392 e. The third-order valence-electron chi connectivity index (χ3n) is 2.68. The Labute approximate surface area is 82.6 Å². The van der Waals surface area contributed by atoms with Crippen molar-refractivity contribution in [3.05, 3.63) is 25.3 Å². The zero-order chi connectivity index (χ0) is 9.90. The molecule has 0 aromatic heterocycles. The summed E-state index contributed by atoms with van der Waals surface area (Å²) in [6.45, 7) is 9.24. The van der Waals surface area contributed by atoms with Crippen LogP contribution in [0.15, 0.2) is 25.3 Å². The molecule has 1 heterocycles. The Bertz CT molecular complexity index is 199. The Morgan fingerprint density at radius 1 is 1.46 bits per heavy atom. The highest BCUT2D eigenvalue weighted by Crippen LogP contribution is 2.40. The first-order valence-electron chi connectivity index (χ1n) is 4.54. The van der Waals surface area contributed by atoms with E-state index >= 15 is 0 Å². The van der Waals surface area contributed by atoms with Crippen LogP contribution in [0.4, 0.5) is 0 Å². The van der Waals surface area contributed by atoms with Crippen LogP contribution in [0.1, 0.15) is 12.8 Å². The van der Waals surface area contributed by atoms with Crippen molar-refractivity contribution in [3.63, 3.8) is 0 Å². The number of aliphatic hydroxyl groups is 1. The predicted molar refractivity (Wildman–Crippen MR) is 59.4 cm³/mol. The highest BCUT2D eigenvalue weighted by atomic mass is 31.0. The van der Waals surface area contributed by atoms with Crippen molar-refractivity contribution < 1.29 is 5.11 Å². The van der Waals surface area contributed by atoms with E-state index in [2.05, 4.69) is 27.2 Å². The van der Waals surface area contributed by atoms with Crippen LogP contribution in [0.3, 0.4) is 0 Å². The Morgan fingerprint density at radius 2 is 2.08 bits per heavy atom. The molecule has 1 rings (SSSR count). The van der Waals surface area contributed by atoms with E-state index in [0.29, 0.717) is 6.42 Å². The van der Waals surface area contributed by atoms with E-state index in [1.165, 1.54) is 0 Å². The summed E-state index contributed by atoms with van der Waals surface area (Å²) in [5, 5.41) is 9.91. The van der Waals surface area contributed by atoms with Gasteiger partial charge in [0.1, 0.15) is 0 Å². The third-order valence-corrected chi connectivity index (χ3v) is 3.05. The summed E-state index contributed by atoms with van der Waals surface area (Å²) in [5.41, 5.74) is 0.0255. The molecule has 0 aliphatic carbocycles. The maximum atomic E-state index is 9.91. The number of hydrogen-bond acceptors (Lipinski definition) is 2. The average Bonchev–Trinajstić information content (AvgIpc) is 2.02. The van der Waals surface area contributed by atoms with Gasteiger partial charge in [0, 0.05) is 18.5 Å². The predicted octanol–water partition coefficient (Wildman–Crippen LogP) is 1.59. The Kier molecular flexibility index (Phi) is 3.66. The maximum absolute atomic E-state index is 9.91. The monoisotopic (exact) mass is 199 g/mol. The van der Waals surface area contributed by atoms with Crippen molar-refractivity contribution in [2.24, 2.45) is 5.41 Å². The van der Waals surface area contributed by atoms with E-state index in [1.54, 1.807) is 6.08 Å². The molecule has 0 spiro atoms. The van der Waals surface area contributed by atoms with E-state index in [9.17, 15) is 5.11 Å². The molecule has 0 bridgehead atoms. The summed E-state index contributed by atoms with van der Waals surface area (Å²) in [7, 11) is 2.66. The minimum atomic E-state index is -0.278. The van der Waals surface area contributed by atoms with Gasteiger partial charge < -0.3 is 5.11 Å². The van der Waals surface area contributed by atoms with Crippen molar-refractivity contribution in [3.8, 4) is 0 Å². The van der Waals surface area contributed by atoms with Crippen molar-refractivity contribution in [2.75, 3.05) is 13.1 Å². The van der Waals surface area contributed by atoms with Gasteiger partial charge in [-0.05, 0) is 12.8 Å². The summed E-state index contributed by atoms with van der Waals surface area (Å²) < 4.78 is 2.13. The molecule has 13 heavy (non-hydrogen) atoms. The first-order valence-corrected chi connectivity index (χ1v) is 5.06. The van der Waals surface area contributed by atoms with Gasteiger partial charge in [0.25, 0.3) is 0 Å². The molecule has 1 fully saturated rings. The van der Waals surface area contributed by atoms with E-state index in [4.69, 9.17) is 0 Å². The smallest absolute Gasteiger partial charge is 0.0658 e. The van der Waals surface area contributed by atoms with Crippen LogP contribution in [0.5, 0.6) is 0 Å². The van der Waals surface area contributed by atoms with Crippen molar-refractivity contribution in [1.82, 2.24) is 4.67 Å². The van der Waals surface area contributed by atoms with Gasteiger partial charge in [0.05, 0.1) is 6.10 Å². The number of nitrogens with zero attached hydrogens (tertiary/aromatic N) is 1. The summed E-state index contributed by atoms with van der Waals surface area (Å²) >= 11 is 0. The summed E-state index contributed by atoms with van der Waals surface area (Å²) in [5.74, 6) is 0. The summed E-state index contributed by atoms with van der Waals surface area (Å²) in [4.78, 5) is 0. The van der Waals surface area contributed by atoms with Crippen molar-refractivity contribution in [2.45, 2.75) is 18.9 Å². The number of aliphatic hydroxyl groups excluding tert-OH is 1. The molecule has 2 nitrogen and oxygen atoms in total. The molecular formula is C10H18NOP. The Balaban J connectivity index is 2.57. The van der Waals surface area contributed by atoms with Gasteiger partial charge in [-0.2, -0.15) is 0 Å². The molecule has 0 saturated carbocycles. The van der Waals surface area contributed by atoms with E-state index in [0.717, 1.165) is 19.5 Å². The molecule has 2 unspecified atom stereocenters. The fourth-order valence-corrected chi connectivity index (χ4v) is 2.66. The second kappa shape index (κ2) is 4.36. The van der Waals surface area contributed by atoms with Gasteiger partial charge in [0.15, 0.2) is 0 Å². The van der Waals surface area contributed by atoms with Gasteiger partial charge >= 0.3 is 0 Å². The molecule has 0 aromatic rings. The van der Waals surface area contributed by atoms with Crippen LogP contribution >= 0.6 is 9.39 Å². The largest absolute Gasteiger partial charge is 0.392 e. The normalized spacial score (nSPS) is 23.2. The van der Waals surface area contributed by atoms with Crippen LogP contribution < -0.4 is 0 Å². The molecule has 1 aliphatic rings. The van der Waals surface area contributed by atoms with Crippen molar-refractivity contribution in [1.29, 1.82) is 0 Å². The van der Waals surface area contributed by atoms with E-state index < -0.39 is 0 Å². The minimum absolute atomic E-state index is 0.0255. The van der Waals surface area contributed by atoms with Crippen LogP contribution in [0.2, 0.25) is 0 Å². The Morgan fingerprint density at radius 3 is 2.46 bits per heavy atom. The topological polar surface area (TPSA) is 23.5 Å². The van der Waals surface area contributed by atoms with Gasteiger partial charge in [-0.15, -0.1) is 13.2 Å². The maximum Gasteiger partial charge on any atom is 0.0658 e. The fraction of sp³-hybridized carbons (Fsp3) is 0.600. The highest BCUT2D eigenvalue weighted by molar-refractivity contribution is 7.13. The van der Waals surface area contributed by atoms with Crippen molar-refractivity contribution >= 4 is 9.39 Å². The van der Waals surface area contributed by atoms with Gasteiger partial charge in [-0.3, -0.25) is 4.67 Å². The summed E-state index contributed by atoms with van der Waals surface area (Å²) in [6.07, 6.45) is 4.95. The molecule has 1 N–H and O–H groups in total. The SMILES string of the molecule is C=CCC(O)C1(CC=C)CN(P)C1. The molecular weight excluding hydrogens is 181 g/mol. The van der Waals surface area contributed by atoms with Crippen LogP contribution in [0, 0.1) is 5.41 Å². The van der Waals surface area contributed by atoms with Gasteiger partial charge in [0.2, 0.25) is 0 Å². The quantitative estimate of drug-likeness (QED) is 0.537. The lowest BCUT2D eigenvalue weighted by Crippen LogP contribution is -2.57. The molecule has 1 aliphatic heterocycles. The molecule has 0 radical (unpaired) electrons. The molecule has 0 aromatic carbocycles. The third kappa shape index (κ3) is 2.19. The van der Waals surface area contributed by atoms with Crippen LogP contribution in [0.25, 0.3) is 0 Å². The standard InChI is InChI=1S/C10H18NOP/c1-3-5-9(12)10(6-4-2)7-11(13)8-10/h3-4,9,12H,1-2,5-8,13H2. The highest BCUT2D eigenvalue weighted by Gasteiger charge is 2.45. The van der Waals surface area contributed by atoms with Crippen LogP contribution in [-0.4, -0.2) is 29.0 Å².